The van der Waals surface area contributed by atoms with Gasteiger partial charge >= 0.3 is 6.09 Å². The number of likely N-dealkylation sites (tertiary alicyclic amines) is 1. The zero-order valence-corrected chi connectivity index (χ0v) is 17.5. The fraction of sp³-hybridized carbons (Fsp3) is 0.318. The third-order valence-corrected chi connectivity index (χ3v) is 5.10. The summed E-state index contributed by atoms with van der Waals surface area (Å²) in [6.07, 6.45) is 0.408. The molecular formula is C22H24N4O6. The van der Waals surface area contributed by atoms with Crippen molar-refractivity contribution in [2.75, 3.05) is 11.9 Å². The van der Waals surface area contributed by atoms with E-state index in [0.717, 1.165) is 5.56 Å². The Bertz CT molecular complexity index is 980. The number of carbonyl (C=O) groups is 3. The molecule has 2 N–H and O–H groups in total. The number of hydrogen-bond donors (Lipinski definition) is 2. The van der Waals surface area contributed by atoms with E-state index >= 15 is 0 Å². The van der Waals surface area contributed by atoms with Crippen molar-refractivity contribution in [3.63, 3.8) is 0 Å². The molecule has 3 amide bonds. The Kier molecular flexibility index (Phi) is 7.37. The first kappa shape index (κ1) is 22.7. The number of amides is 3. The van der Waals surface area contributed by atoms with E-state index in [-0.39, 0.29) is 24.1 Å². The molecule has 3 rings (SSSR count). The van der Waals surface area contributed by atoms with Gasteiger partial charge in [-0.05, 0) is 37.5 Å². The maximum atomic E-state index is 12.8. The molecule has 10 nitrogen and oxygen atoms in total. The monoisotopic (exact) mass is 440 g/mol. The fourth-order valence-electron chi connectivity index (χ4n) is 3.45. The van der Waals surface area contributed by atoms with Crippen LogP contribution in [0.2, 0.25) is 0 Å². The first-order valence-electron chi connectivity index (χ1n) is 10.2. The number of carbonyl (C=O) groups excluding carboxylic acids is 3. The van der Waals surface area contributed by atoms with E-state index < -0.39 is 23.1 Å². The molecule has 1 heterocycles. The molecule has 168 valence electrons. The minimum Gasteiger partial charge on any atom is -0.445 e. The summed E-state index contributed by atoms with van der Waals surface area (Å²) in [5, 5.41) is 15.9. The number of benzene rings is 2. The molecule has 0 aliphatic carbocycles. The molecule has 0 bridgehead atoms. The number of nitrogens with one attached hydrogen (secondary N) is 2. The van der Waals surface area contributed by atoms with Crippen LogP contribution in [-0.2, 0) is 20.9 Å². The lowest BCUT2D eigenvalue weighted by Crippen LogP contribution is -2.51. The van der Waals surface area contributed by atoms with Crippen LogP contribution >= 0.6 is 0 Å². The highest BCUT2D eigenvalue weighted by Crippen LogP contribution is 2.21. The largest absolute Gasteiger partial charge is 0.445 e. The van der Waals surface area contributed by atoms with Crippen LogP contribution in [0.3, 0.4) is 0 Å². The highest BCUT2D eigenvalue weighted by Gasteiger charge is 2.36. The van der Waals surface area contributed by atoms with E-state index in [0.29, 0.717) is 25.1 Å². The van der Waals surface area contributed by atoms with Crippen LogP contribution in [0.4, 0.5) is 16.2 Å². The Balaban J connectivity index is 1.53. The molecule has 1 aliphatic rings. The molecule has 0 saturated carbocycles. The normalized spacial score (nSPS) is 16.2. The topological polar surface area (TPSA) is 131 Å². The quantitative estimate of drug-likeness (QED) is 0.503. The van der Waals surface area contributed by atoms with Gasteiger partial charge in [0.05, 0.1) is 4.92 Å². The Hall–Kier alpha value is -3.95. The van der Waals surface area contributed by atoms with Crippen molar-refractivity contribution < 1.29 is 24.0 Å². The number of nitro benzene ring substituents is 1. The van der Waals surface area contributed by atoms with E-state index in [1.807, 2.05) is 30.3 Å². The predicted molar refractivity (Wildman–Crippen MR) is 116 cm³/mol. The van der Waals surface area contributed by atoms with Gasteiger partial charge in [-0.1, -0.05) is 30.3 Å². The van der Waals surface area contributed by atoms with Crippen LogP contribution < -0.4 is 10.6 Å². The number of hydrogen-bond acceptors (Lipinski definition) is 6. The van der Waals surface area contributed by atoms with Gasteiger partial charge in [0.15, 0.2) is 0 Å². The van der Waals surface area contributed by atoms with Gasteiger partial charge in [-0.15, -0.1) is 0 Å². The number of non-ortho nitro benzene ring substituents is 1. The first-order chi connectivity index (χ1) is 15.3. The number of nitrogens with zero attached hydrogens (tertiary/aromatic N) is 2. The van der Waals surface area contributed by atoms with Gasteiger partial charge in [0.2, 0.25) is 11.8 Å². The molecular weight excluding hydrogens is 416 g/mol. The van der Waals surface area contributed by atoms with Crippen molar-refractivity contribution >= 4 is 29.3 Å². The second kappa shape index (κ2) is 10.4. The van der Waals surface area contributed by atoms with Gasteiger partial charge in [0, 0.05) is 24.4 Å². The summed E-state index contributed by atoms with van der Waals surface area (Å²) in [5.74, 6) is -0.772. The maximum absolute atomic E-state index is 12.8. The zero-order valence-electron chi connectivity index (χ0n) is 17.5. The highest BCUT2D eigenvalue weighted by molar-refractivity contribution is 5.98. The summed E-state index contributed by atoms with van der Waals surface area (Å²) in [4.78, 5) is 49.2. The maximum Gasteiger partial charge on any atom is 0.408 e. The van der Waals surface area contributed by atoms with Crippen LogP contribution in [-0.4, -0.2) is 46.4 Å². The van der Waals surface area contributed by atoms with Crippen molar-refractivity contribution in [2.24, 2.45) is 0 Å². The second-order valence-corrected chi connectivity index (χ2v) is 7.41. The number of alkyl carbamates (subject to hydrolysis) is 1. The molecule has 2 atom stereocenters. The summed E-state index contributed by atoms with van der Waals surface area (Å²) in [7, 11) is 0. The molecule has 1 fully saturated rings. The average molecular weight is 440 g/mol. The van der Waals surface area contributed by atoms with Crippen molar-refractivity contribution in [3.05, 3.63) is 70.3 Å². The molecule has 1 aliphatic heterocycles. The molecule has 10 heteroatoms. The summed E-state index contributed by atoms with van der Waals surface area (Å²) in [6, 6.07) is 13.0. The number of nitro groups is 1. The van der Waals surface area contributed by atoms with Crippen molar-refractivity contribution in [2.45, 2.75) is 38.5 Å². The van der Waals surface area contributed by atoms with Crippen LogP contribution in [0.5, 0.6) is 0 Å². The minimum absolute atomic E-state index is 0.0809. The SMILES string of the molecule is C[C@@H](NC(=O)OCc1ccccc1)C(=O)N1CCC[C@H]1C(=O)Nc1ccc([N+](=O)[O-])cc1. The predicted octanol–water partition coefficient (Wildman–Crippen LogP) is 2.84. The van der Waals surface area contributed by atoms with Gasteiger partial charge in [0.1, 0.15) is 18.7 Å². The van der Waals surface area contributed by atoms with Gasteiger partial charge in [0.25, 0.3) is 5.69 Å². The van der Waals surface area contributed by atoms with Crippen LogP contribution in [0.1, 0.15) is 25.3 Å². The summed E-state index contributed by atoms with van der Waals surface area (Å²) in [5.41, 5.74) is 1.14. The Labute approximate surface area is 184 Å². The molecule has 1 saturated heterocycles. The standard InChI is InChI=1S/C22H24N4O6/c1-15(23-22(29)32-14-16-6-3-2-4-7-16)21(28)25-13-5-8-19(25)20(27)24-17-9-11-18(12-10-17)26(30)31/h2-4,6-7,9-12,15,19H,5,8,13-14H2,1H3,(H,23,29)(H,24,27)/t15-,19+/m1/s1. The van der Waals surface area contributed by atoms with Crippen LogP contribution in [0.15, 0.2) is 54.6 Å². The molecule has 0 unspecified atom stereocenters. The summed E-state index contributed by atoms with van der Waals surface area (Å²) < 4.78 is 5.14. The van der Waals surface area contributed by atoms with E-state index in [9.17, 15) is 24.5 Å². The van der Waals surface area contributed by atoms with Crippen molar-refractivity contribution in [3.8, 4) is 0 Å². The summed E-state index contributed by atoms with van der Waals surface area (Å²) >= 11 is 0. The third-order valence-electron chi connectivity index (χ3n) is 5.10. The molecule has 2 aromatic carbocycles. The van der Waals surface area contributed by atoms with Crippen LogP contribution in [0.25, 0.3) is 0 Å². The minimum atomic E-state index is -0.869. The van der Waals surface area contributed by atoms with Crippen molar-refractivity contribution in [1.29, 1.82) is 0 Å². The highest BCUT2D eigenvalue weighted by atomic mass is 16.6. The average Bonchev–Trinajstić information content (AvgIpc) is 3.28. The Morgan fingerprint density at radius 1 is 1.16 bits per heavy atom. The lowest BCUT2D eigenvalue weighted by Gasteiger charge is -2.27. The number of anilines is 1. The Morgan fingerprint density at radius 3 is 2.50 bits per heavy atom. The zero-order chi connectivity index (χ0) is 23.1. The number of rotatable bonds is 7. The van der Waals surface area contributed by atoms with E-state index in [2.05, 4.69) is 10.6 Å². The molecule has 0 spiro atoms. The smallest absolute Gasteiger partial charge is 0.408 e. The van der Waals surface area contributed by atoms with Gasteiger partial charge in [-0.2, -0.15) is 0 Å². The molecule has 0 aromatic heterocycles. The fourth-order valence-corrected chi connectivity index (χ4v) is 3.45. The first-order valence-corrected chi connectivity index (χ1v) is 10.2. The second-order valence-electron chi connectivity index (χ2n) is 7.41. The van der Waals surface area contributed by atoms with Crippen molar-refractivity contribution in [1.82, 2.24) is 10.2 Å². The Morgan fingerprint density at radius 2 is 1.84 bits per heavy atom. The third kappa shape index (κ3) is 5.81. The number of ether oxygens (including phenoxy) is 1. The lowest BCUT2D eigenvalue weighted by atomic mass is 10.1. The molecule has 2 aromatic rings. The van der Waals surface area contributed by atoms with E-state index in [4.69, 9.17) is 4.74 Å². The molecule has 32 heavy (non-hydrogen) atoms. The van der Waals surface area contributed by atoms with E-state index in [1.54, 1.807) is 0 Å². The van der Waals surface area contributed by atoms with Crippen LogP contribution in [0, 0.1) is 10.1 Å². The van der Waals surface area contributed by atoms with Gasteiger partial charge < -0.3 is 20.3 Å². The summed E-state index contributed by atoms with van der Waals surface area (Å²) in [6.45, 7) is 2.01. The van der Waals surface area contributed by atoms with Gasteiger partial charge in [-0.3, -0.25) is 19.7 Å². The van der Waals surface area contributed by atoms with E-state index in [1.165, 1.54) is 36.1 Å². The molecule has 0 radical (unpaired) electrons. The lowest BCUT2D eigenvalue weighted by molar-refractivity contribution is -0.384. The van der Waals surface area contributed by atoms with Gasteiger partial charge in [-0.25, -0.2) is 4.79 Å².